The number of hydrogen-bond acceptors (Lipinski definition) is 5. The van der Waals surface area contributed by atoms with Crippen LogP contribution in [0.5, 0.6) is 5.75 Å². The summed E-state index contributed by atoms with van der Waals surface area (Å²) in [5.74, 6) is -0.993. The SMILES string of the molecule is COc1ccc(-c2cn3cc(C(=O)N[C@H]4CCCNC4=O)nc3c(=O)n2C)c(F)c1. The third-order valence-corrected chi connectivity index (χ3v) is 5.13. The molecule has 0 saturated carbocycles. The quantitative estimate of drug-likeness (QED) is 0.660. The topological polar surface area (TPSA) is 107 Å². The lowest BCUT2D eigenvalue weighted by Crippen LogP contribution is -2.50. The number of aromatic nitrogens is 3. The third-order valence-electron chi connectivity index (χ3n) is 5.13. The molecular formula is C20H20FN5O4. The van der Waals surface area contributed by atoms with Crippen molar-refractivity contribution in [2.24, 2.45) is 7.05 Å². The fourth-order valence-corrected chi connectivity index (χ4v) is 3.46. The van der Waals surface area contributed by atoms with E-state index >= 15 is 0 Å². The van der Waals surface area contributed by atoms with Gasteiger partial charge in [0, 0.05) is 37.6 Å². The number of piperidine rings is 1. The number of nitrogens with zero attached hydrogens (tertiary/aromatic N) is 3. The Morgan fingerprint density at radius 1 is 1.33 bits per heavy atom. The van der Waals surface area contributed by atoms with Crippen LogP contribution in [0.3, 0.4) is 0 Å². The second-order valence-corrected chi connectivity index (χ2v) is 7.04. The lowest BCUT2D eigenvalue weighted by atomic mass is 10.1. The number of rotatable bonds is 4. The van der Waals surface area contributed by atoms with Crippen LogP contribution >= 0.6 is 0 Å². The zero-order valence-corrected chi connectivity index (χ0v) is 16.4. The van der Waals surface area contributed by atoms with Gasteiger partial charge < -0.3 is 19.9 Å². The number of carbonyl (C=O) groups is 2. The van der Waals surface area contributed by atoms with Crippen LogP contribution in [-0.2, 0) is 11.8 Å². The van der Waals surface area contributed by atoms with Gasteiger partial charge in [-0.3, -0.25) is 18.8 Å². The highest BCUT2D eigenvalue weighted by molar-refractivity contribution is 5.96. The lowest BCUT2D eigenvalue weighted by Gasteiger charge is -2.22. The number of carbonyl (C=O) groups excluding carboxylic acids is 2. The fraction of sp³-hybridized carbons (Fsp3) is 0.300. The van der Waals surface area contributed by atoms with Gasteiger partial charge in [0.15, 0.2) is 0 Å². The van der Waals surface area contributed by atoms with Gasteiger partial charge in [-0.05, 0) is 25.0 Å². The highest BCUT2D eigenvalue weighted by Gasteiger charge is 2.25. The molecule has 1 aliphatic heterocycles. The van der Waals surface area contributed by atoms with Gasteiger partial charge in [0.05, 0.1) is 12.8 Å². The van der Waals surface area contributed by atoms with Crippen molar-refractivity contribution in [1.29, 1.82) is 0 Å². The van der Waals surface area contributed by atoms with Crippen LogP contribution in [-0.4, -0.2) is 45.5 Å². The second-order valence-electron chi connectivity index (χ2n) is 7.04. The van der Waals surface area contributed by atoms with E-state index in [0.29, 0.717) is 24.4 Å². The van der Waals surface area contributed by atoms with Gasteiger partial charge in [0.25, 0.3) is 11.5 Å². The van der Waals surface area contributed by atoms with Gasteiger partial charge in [-0.25, -0.2) is 9.37 Å². The van der Waals surface area contributed by atoms with E-state index in [4.69, 9.17) is 4.74 Å². The molecule has 0 bridgehead atoms. The molecule has 0 aliphatic carbocycles. The maximum Gasteiger partial charge on any atom is 0.294 e. The molecule has 2 amide bonds. The molecule has 10 heteroatoms. The zero-order chi connectivity index (χ0) is 21.4. The van der Waals surface area contributed by atoms with E-state index in [9.17, 15) is 18.8 Å². The highest BCUT2D eigenvalue weighted by Crippen LogP contribution is 2.25. The molecule has 30 heavy (non-hydrogen) atoms. The van der Waals surface area contributed by atoms with Crippen LogP contribution in [0.2, 0.25) is 0 Å². The molecule has 1 fully saturated rings. The lowest BCUT2D eigenvalue weighted by molar-refractivity contribution is -0.124. The average Bonchev–Trinajstić information content (AvgIpc) is 3.17. The molecule has 4 rings (SSSR count). The summed E-state index contributed by atoms with van der Waals surface area (Å²) in [7, 11) is 2.94. The Bertz CT molecular complexity index is 1220. The van der Waals surface area contributed by atoms with Gasteiger partial charge in [0.1, 0.15) is 23.3 Å². The van der Waals surface area contributed by atoms with Crippen LogP contribution < -0.4 is 20.9 Å². The smallest absolute Gasteiger partial charge is 0.294 e. The molecule has 0 spiro atoms. The molecule has 3 heterocycles. The first-order valence-corrected chi connectivity index (χ1v) is 9.40. The molecule has 1 atom stereocenters. The largest absolute Gasteiger partial charge is 0.497 e. The fourth-order valence-electron chi connectivity index (χ4n) is 3.46. The Hall–Kier alpha value is -3.69. The van der Waals surface area contributed by atoms with E-state index in [1.165, 1.54) is 47.7 Å². The van der Waals surface area contributed by atoms with E-state index in [1.807, 2.05) is 0 Å². The Morgan fingerprint density at radius 2 is 2.13 bits per heavy atom. The van der Waals surface area contributed by atoms with Crippen molar-refractivity contribution in [2.45, 2.75) is 18.9 Å². The summed E-state index contributed by atoms with van der Waals surface area (Å²) in [5, 5.41) is 5.33. The van der Waals surface area contributed by atoms with Crippen molar-refractivity contribution < 1.29 is 18.7 Å². The van der Waals surface area contributed by atoms with Crippen molar-refractivity contribution in [3.05, 3.63) is 52.5 Å². The van der Waals surface area contributed by atoms with Crippen LogP contribution in [0.1, 0.15) is 23.3 Å². The number of benzene rings is 1. The molecule has 3 aromatic rings. The molecule has 9 nitrogen and oxygen atoms in total. The van der Waals surface area contributed by atoms with Crippen LogP contribution in [0, 0.1) is 5.82 Å². The minimum atomic E-state index is -0.636. The summed E-state index contributed by atoms with van der Waals surface area (Å²) >= 11 is 0. The second kappa shape index (κ2) is 7.62. The summed E-state index contributed by atoms with van der Waals surface area (Å²) in [6.45, 7) is 0.584. The van der Waals surface area contributed by atoms with Crippen molar-refractivity contribution in [3.8, 4) is 17.0 Å². The van der Waals surface area contributed by atoms with E-state index in [2.05, 4.69) is 15.6 Å². The van der Waals surface area contributed by atoms with Gasteiger partial charge in [0.2, 0.25) is 11.6 Å². The standard InChI is InChI=1S/C20H20FN5O4/c1-25-16(12-6-5-11(30-2)8-13(12)21)10-26-9-15(23-17(26)20(25)29)19(28)24-14-4-3-7-22-18(14)27/h5-6,8-10,14H,3-4,7H2,1-2H3,(H,22,27)(H,24,28)/t14-/m0/s1. The van der Waals surface area contributed by atoms with Gasteiger partial charge in [-0.15, -0.1) is 0 Å². The van der Waals surface area contributed by atoms with E-state index in [1.54, 1.807) is 6.07 Å². The van der Waals surface area contributed by atoms with Crippen LogP contribution in [0.15, 0.2) is 35.4 Å². The summed E-state index contributed by atoms with van der Waals surface area (Å²) in [5.41, 5.74) is 0.0444. The van der Waals surface area contributed by atoms with Crippen LogP contribution in [0.25, 0.3) is 16.9 Å². The minimum absolute atomic E-state index is 0.00201. The molecule has 1 aliphatic rings. The summed E-state index contributed by atoms with van der Waals surface area (Å²) in [4.78, 5) is 41.3. The van der Waals surface area contributed by atoms with Crippen molar-refractivity contribution in [1.82, 2.24) is 24.6 Å². The predicted octanol–water partition coefficient (Wildman–Crippen LogP) is 0.856. The molecular weight excluding hydrogens is 393 g/mol. The molecule has 2 N–H and O–H groups in total. The number of methoxy groups -OCH3 is 1. The number of fused-ring (bicyclic) bond motifs is 1. The van der Waals surface area contributed by atoms with E-state index in [0.717, 1.165) is 6.42 Å². The first-order chi connectivity index (χ1) is 14.4. The van der Waals surface area contributed by atoms with Crippen molar-refractivity contribution >= 4 is 17.5 Å². The number of imidazole rings is 1. The Morgan fingerprint density at radius 3 is 2.83 bits per heavy atom. The summed E-state index contributed by atoms with van der Waals surface area (Å²) < 4.78 is 22.2. The Balaban J connectivity index is 1.71. The van der Waals surface area contributed by atoms with Crippen LogP contribution in [0.4, 0.5) is 4.39 Å². The zero-order valence-electron chi connectivity index (χ0n) is 16.4. The summed E-state index contributed by atoms with van der Waals surface area (Å²) in [6.07, 6.45) is 4.21. The van der Waals surface area contributed by atoms with Gasteiger partial charge >= 0.3 is 0 Å². The predicted molar refractivity (Wildman–Crippen MR) is 106 cm³/mol. The Kier molecular flexibility index (Phi) is 4.98. The van der Waals surface area contributed by atoms with Gasteiger partial charge in [-0.1, -0.05) is 0 Å². The van der Waals surface area contributed by atoms with Crippen molar-refractivity contribution in [3.63, 3.8) is 0 Å². The average molecular weight is 413 g/mol. The monoisotopic (exact) mass is 413 g/mol. The summed E-state index contributed by atoms with van der Waals surface area (Å²) in [6, 6.07) is 3.70. The first-order valence-electron chi connectivity index (χ1n) is 9.40. The maximum absolute atomic E-state index is 14.5. The normalized spacial score (nSPS) is 16.4. The highest BCUT2D eigenvalue weighted by atomic mass is 19.1. The van der Waals surface area contributed by atoms with Crippen molar-refractivity contribution in [2.75, 3.05) is 13.7 Å². The number of amides is 2. The van der Waals surface area contributed by atoms with E-state index < -0.39 is 23.3 Å². The molecule has 0 unspecified atom stereocenters. The molecule has 156 valence electrons. The number of ether oxygens (including phenoxy) is 1. The Labute approximate surface area is 170 Å². The third kappa shape index (κ3) is 3.40. The maximum atomic E-state index is 14.5. The first kappa shape index (κ1) is 19.6. The molecule has 2 aromatic heterocycles. The number of nitrogens with one attached hydrogen (secondary N) is 2. The van der Waals surface area contributed by atoms with E-state index in [-0.39, 0.29) is 22.8 Å². The molecule has 0 radical (unpaired) electrons. The molecule has 1 saturated heterocycles. The number of hydrogen-bond donors (Lipinski definition) is 2. The number of halogens is 1. The van der Waals surface area contributed by atoms with Gasteiger partial charge in [-0.2, -0.15) is 0 Å². The molecule has 1 aromatic carbocycles. The minimum Gasteiger partial charge on any atom is -0.497 e.